The first-order valence-corrected chi connectivity index (χ1v) is 14.7. The van der Waals surface area contributed by atoms with Crippen LogP contribution in [0.3, 0.4) is 0 Å². The highest BCUT2D eigenvalue weighted by Crippen LogP contribution is 2.41. The smallest absolute Gasteiger partial charge is 0.403 e. The third-order valence-electron chi connectivity index (χ3n) is 7.78. The zero-order chi connectivity index (χ0) is 27.0. The number of aryl methyl sites for hydroxylation is 1. The van der Waals surface area contributed by atoms with E-state index < -0.39 is 27.7 Å². The number of alkyl halides is 3. The van der Waals surface area contributed by atoms with Crippen molar-refractivity contribution in [1.29, 1.82) is 0 Å². The number of halogens is 3. The molecule has 0 aliphatic carbocycles. The summed E-state index contributed by atoms with van der Waals surface area (Å²) >= 11 is 0. The molecule has 1 spiro atoms. The highest BCUT2D eigenvalue weighted by Gasteiger charge is 2.45. The third kappa shape index (κ3) is 6.04. The van der Waals surface area contributed by atoms with Gasteiger partial charge in [-0.15, -0.1) is 0 Å². The van der Waals surface area contributed by atoms with Crippen LogP contribution in [-0.4, -0.2) is 49.2 Å². The molecule has 0 bridgehead atoms. The first-order chi connectivity index (χ1) is 18.0. The molecule has 1 fully saturated rings. The molecule has 3 aromatic rings. The van der Waals surface area contributed by atoms with Crippen LogP contribution in [0.15, 0.2) is 67.0 Å². The molecular weight excluding hydrogens is 513 g/mol. The molecule has 38 heavy (non-hydrogen) atoms. The number of piperidine rings is 1. The first kappa shape index (κ1) is 26.7. The lowest BCUT2D eigenvalue weighted by Gasteiger charge is -2.46. The quantitative estimate of drug-likeness (QED) is 0.383. The van der Waals surface area contributed by atoms with Crippen molar-refractivity contribution < 1.29 is 26.3 Å². The zero-order valence-electron chi connectivity index (χ0n) is 21.2. The van der Waals surface area contributed by atoms with Crippen molar-refractivity contribution in [3.05, 3.63) is 83.7 Å². The van der Waals surface area contributed by atoms with E-state index in [0.717, 1.165) is 46.4 Å². The summed E-state index contributed by atoms with van der Waals surface area (Å²) in [5, 5.41) is 0. The molecule has 1 atom stereocenters. The van der Waals surface area contributed by atoms with Gasteiger partial charge in [-0.25, -0.2) is 8.42 Å². The van der Waals surface area contributed by atoms with Crippen LogP contribution in [0.4, 0.5) is 13.2 Å². The van der Waals surface area contributed by atoms with Gasteiger partial charge in [0.05, 0.1) is 11.5 Å². The molecule has 5 nitrogen and oxygen atoms in total. The second-order valence-corrected chi connectivity index (χ2v) is 12.5. The van der Waals surface area contributed by atoms with Crippen LogP contribution in [0.1, 0.15) is 42.9 Å². The predicted octanol–water partition coefficient (Wildman–Crippen LogP) is 5.97. The second kappa shape index (κ2) is 10.3. The minimum Gasteiger partial charge on any atom is -0.487 e. The first-order valence-electron chi connectivity index (χ1n) is 12.8. The molecule has 5 rings (SSSR count). The number of rotatable bonds is 6. The molecule has 2 aliphatic heterocycles. The van der Waals surface area contributed by atoms with E-state index in [4.69, 9.17) is 4.74 Å². The van der Waals surface area contributed by atoms with E-state index in [-0.39, 0.29) is 11.5 Å². The number of sulfone groups is 1. The Hall–Kier alpha value is -2.91. The lowest BCUT2D eigenvalue weighted by atomic mass is 9.82. The average Bonchev–Trinajstić information content (AvgIpc) is 2.88. The molecular formula is C29H31F3N2O3S. The molecule has 202 valence electrons. The molecule has 1 saturated heterocycles. The fourth-order valence-electron chi connectivity index (χ4n) is 5.41. The maximum atomic E-state index is 13.1. The number of aromatic nitrogens is 1. The second-order valence-electron chi connectivity index (χ2n) is 10.4. The molecule has 2 aliphatic rings. The van der Waals surface area contributed by atoms with Gasteiger partial charge in [0.1, 0.15) is 17.4 Å². The van der Waals surface area contributed by atoms with E-state index in [1.54, 1.807) is 24.5 Å². The summed E-state index contributed by atoms with van der Waals surface area (Å²) in [4.78, 5) is 5.43. The van der Waals surface area contributed by atoms with Crippen LogP contribution < -0.4 is 4.74 Å². The number of likely N-dealkylation sites (tertiary alicyclic amines) is 1. The van der Waals surface area contributed by atoms with Gasteiger partial charge in [-0.1, -0.05) is 30.3 Å². The minimum atomic E-state index is -4.21. The summed E-state index contributed by atoms with van der Waals surface area (Å²) < 4.78 is 71.0. The largest absolute Gasteiger partial charge is 0.487 e. The summed E-state index contributed by atoms with van der Waals surface area (Å²) in [6.45, 7) is 1.97. The lowest BCUT2D eigenvalue weighted by molar-refractivity contribution is -0.186. The summed E-state index contributed by atoms with van der Waals surface area (Å²) in [6.07, 6.45) is 1.72. The molecule has 9 heteroatoms. The highest BCUT2D eigenvalue weighted by atomic mass is 32.2. The van der Waals surface area contributed by atoms with E-state index in [2.05, 4.69) is 11.1 Å². The number of benzene rings is 2. The van der Waals surface area contributed by atoms with Crippen molar-refractivity contribution in [3.8, 4) is 16.9 Å². The highest BCUT2D eigenvalue weighted by molar-refractivity contribution is 7.89. The Morgan fingerprint density at radius 3 is 2.16 bits per heavy atom. The van der Waals surface area contributed by atoms with Gasteiger partial charge in [0.15, 0.2) is 9.84 Å². The summed E-state index contributed by atoms with van der Waals surface area (Å²) in [7, 11) is -3.31. The Balaban J connectivity index is 1.22. The van der Waals surface area contributed by atoms with E-state index in [9.17, 15) is 21.6 Å². The van der Waals surface area contributed by atoms with Gasteiger partial charge in [0, 0.05) is 25.5 Å². The van der Waals surface area contributed by atoms with Crippen LogP contribution in [0.2, 0.25) is 0 Å². The van der Waals surface area contributed by atoms with Crippen LogP contribution in [-0.2, 0) is 27.8 Å². The standard InChI is InChI=1S/C29H31F3N2O3S/c1-21(29(30,31)32)34-16-12-28(13-17-34)11-8-26-18-25(6-7-27(26)37-28)24-4-2-22(3-5-24)19-38(35,36)20-23-9-14-33-15-10-23/h2-7,9-10,14-15,18,21H,8,11-13,16-17,19-20H2,1H3. The van der Waals surface area contributed by atoms with Crippen LogP contribution >= 0.6 is 0 Å². The summed E-state index contributed by atoms with van der Waals surface area (Å²) in [5.74, 6) is 0.744. The van der Waals surface area contributed by atoms with Gasteiger partial charge in [-0.05, 0) is 84.7 Å². The van der Waals surface area contributed by atoms with Gasteiger partial charge in [-0.3, -0.25) is 9.88 Å². The molecule has 0 amide bonds. The molecule has 0 radical (unpaired) electrons. The van der Waals surface area contributed by atoms with Crippen LogP contribution in [0, 0.1) is 0 Å². The number of hydrogen-bond donors (Lipinski definition) is 0. The molecule has 3 heterocycles. The van der Waals surface area contributed by atoms with Crippen molar-refractivity contribution in [2.45, 2.75) is 61.9 Å². The van der Waals surface area contributed by atoms with Gasteiger partial charge in [0.2, 0.25) is 0 Å². The third-order valence-corrected chi connectivity index (χ3v) is 9.32. The van der Waals surface area contributed by atoms with E-state index in [0.29, 0.717) is 25.9 Å². The van der Waals surface area contributed by atoms with Gasteiger partial charge in [0.25, 0.3) is 0 Å². The van der Waals surface area contributed by atoms with Crippen molar-refractivity contribution >= 4 is 9.84 Å². The predicted molar refractivity (Wildman–Crippen MR) is 140 cm³/mol. The van der Waals surface area contributed by atoms with Gasteiger partial charge < -0.3 is 4.74 Å². The van der Waals surface area contributed by atoms with Crippen LogP contribution in [0.25, 0.3) is 11.1 Å². The molecule has 0 saturated carbocycles. The topological polar surface area (TPSA) is 59.5 Å². The van der Waals surface area contributed by atoms with Crippen molar-refractivity contribution in [1.82, 2.24) is 9.88 Å². The molecule has 1 unspecified atom stereocenters. The minimum absolute atomic E-state index is 0.0248. The zero-order valence-corrected chi connectivity index (χ0v) is 22.1. The number of nitrogens with zero attached hydrogens (tertiary/aromatic N) is 2. The van der Waals surface area contributed by atoms with Crippen molar-refractivity contribution in [2.75, 3.05) is 13.1 Å². The Bertz CT molecular complexity index is 1370. The monoisotopic (exact) mass is 544 g/mol. The Kier molecular flexibility index (Phi) is 7.26. The number of pyridine rings is 1. The molecule has 0 N–H and O–H groups in total. The van der Waals surface area contributed by atoms with Crippen molar-refractivity contribution in [2.24, 2.45) is 0 Å². The normalized spacial score (nSPS) is 18.5. The fraction of sp³-hybridized carbons (Fsp3) is 0.414. The van der Waals surface area contributed by atoms with E-state index in [1.807, 2.05) is 36.4 Å². The fourth-order valence-corrected chi connectivity index (χ4v) is 6.91. The maximum Gasteiger partial charge on any atom is 0.403 e. The van der Waals surface area contributed by atoms with Crippen LogP contribution in [0.5, 0.6) is 5.75 Å². The van der Waals surface area contributed by atoms with Crippen molar-refractivity contribution in [3.63, 3.8) is 0 Å². The Morgan fingerprint density at radius 2 is 1.53 bits per heavy atom. The molecule has 2 aromatic carbocycles. The average molecular weight is 545 g/mol. The number of ether oxygens (including phenoxy) is 1. The Labute approximate surface area is 221 Å². The summed E-state index contributed by atoms with van der Waals surface area (Å²) in [5.41, 5.74) is 4.14. The maximum absolute atomic E-state index is 13.1. The number of fused-ring (bicyclic) bond motifs is 1. The van der Waals surface area contributed by atoms with E-state index >= 15 is 0 Å². The van der Waals surface area contributed by atoms with Gasteiger partial charge in [-0.2, -0.15) is 13.2 Å². The Morgan fingerprint density at radius 1 is 0.921 bits per heavy atom. The molecule has 1 aromatic heterocycles. The summed E-state index contributed by atoms with van der Waals surface area (Å²) in [6, 6.07) is 15.6. The van der Waals surface area contributed by atoms with E-state index in [1.165, 1.54) is 11.8 Å². The lowest BCUT2D eigenvalue weighted by Crippen LogP contribution is -2.54. The van der Waals surface area contributed by atoms with Gasteiger partial charge >= 0.3 is 6.18 Å². The number of hydrogen-bond acceptors (Lipinski definition) is 5. The SMILES string of the molecule is CC(N1CCC2(CCc3cc(-c4ccc(CS(=O)(=O)Cc5ccncc5)cc4)ccc3O2)CC1)C(F)(F)F.